The summed E-state index contributed by atoms with van der Waals surface area (Å²) in [4.78, 5) is 0. The van der Waals surface area contributed by atoms with Gasteiger partial charge in [-0.05, 0) is 12.8 Å². The second kappa shape index (κ2) is 27.8. The van der Waals surface area contributed by atoms with E-state index in [1.54, 1.807) is 0 Å². The minimum Gasteiger partial charge on any atom is -0.500 e. The van der Waals surface area contributed by atoms with Crippen LogP contribution in [0.15, 0.2) is 36.5 Å². The molecule has 2 rings (SSSR count). The van der Waals surface area contributed by atoms with Crippen molar-refractivity contribution in [3.8, 4) is 0 Å². The topological polar surface area (TPSA) is 40.5 Å². The molecule has 0 bridgehead atoms. The first-order valence-corrected chi connectivity index (χ1v) is 7.30. The average molecular weight is 471 g/mol. The normalized spacial score (nSPS) is 15.8. The first kappa shape index (κ1) is 25.5. The van der Waals surface area contributed by atoms with E-state index in [1.807, 2.05) is 0 Å². The molecule has 21 heavy (non-hydrogen) atoms. The fraction of sp³-hybridized carbons (Fsp3) is 0.556. The second-order valence-electron chi connectivity index (χ2n) is 3.99. The van der Waals surface area contributed by atoms with E-state index in [9.17, 15) is 0 Å². The maximum Gasteiger partial charge on any atom is 0.0319 e. The fourth-order valence-electron chi connectivity index (χ4n) is 1.57. The molecule has 0 saturated heterocycles. The molecule has 2 aliphatic rings. The molecule has 0 saturated carbocycles. The predicted octanol–water partition coefficient (Wildman–Crippen LogP) is 4.17. The molecule has 0 unspecified atom stereocenters. The number of allylic oxidation sites excluding steroid dienone is 8. The van der Waals surface area contributed by atoms with Gasteiger partial charge in [0.15, 0.2) is 0 Å². The van der Waals surface area contributed by atoms with Crippen molar-refractivity contribution in [3.05, 3.63) is 48.6 Å². The number of rotatable bonds is 0. The number of aliphatic hydroxyl groups is 2. The van der Waals surface area contributed by atoms with Crippen LogP contribution in [0.3, 0.4) is 0 Å². The number of hydrogen-bond acceptors (Lipinski definition) is 2. The molecule has 0 heterocycles. The third-order valence-corrected chi connectivity index (χ3v) is 2.49. The zero-order chi connectivity index (χ0) is 15.3. The third kappa shape index (κ3) is 24.9. The SMILES string of the molecule is CO.CO.[C-]1=CCCC=CCC1.[C-]1=CCCC=CCC1.[Ir]. The van der Waals surface area contributed by atoms with Crippen LogP contribution in [0.5, 0.6) is 0 Å². The van der Waals surface area contributed by atoms with Crippen LogP contribution in [0.25, 0.3) is 0 Å². The van der Waals surface area contributed by atoms with Crippen molar-refractivity contribution >= 4 is 0 Å². The Morgan fingerprint density at radius 1 is 0.571 bits per heavy atom. The maximum absolute atomic E-state index is 7.00. The first-order chi connectivity index (χ1) is 10.0. The summed E-state index contributed by atoms with van der Waals surface area (Å²) in [6.07, 6.45) is 29.0. The maximum atomic E-state index is 7.00. The van der Waals surface area contributed by atoms with Crippen molar-refractivity contribution < 1.29 is 30.3 Å². The quantitative estimate of drug-likeness (QED) is 0.412. The van der Waals surface area contributed by atoms with E-state index < -0.39 is 0 Å². The monoisotopic (exact) mass is 471 g/mol. The smallest absolute Gasteiger partial charge is 0.0319 e. The molecule has 1 radical (unpaired) electrons. The summed E-state index contributed by atoms with van der Waals surface area (Å²) in [6.45, 7) is 0. The van der Waals surface area contributed by atoms with E-state index in [0.29, 0.717) is 0 Å². The van der Waals surface area contributed by atoms with E-state index in [1.165, 1.54) is 38.5 Å². The molecule has 0 amide bonds. The summed E-state index contributed by atoms with van der Waals surface area (Å²) in [6, 6.07) is 0. The largest absolute Gasteiger partial charge is 0.500 e. The van der Waals surface area contributed by atoms with Gasteiger partial charge in [0.2, 0.25) is 0 Å². The van der Waals surface area contributed by atoms with E-state index >= 15 is 0 Å². The van der Waals surface area contributed by atoms with Gasteiger partial charge in [0.05, 0.1) is 0 Å². The standard InChI is InChI=1S/2C8H11.2CH4O.Ir/c2*1-2-4-6-8-7-5-3-1;2*1-2;/h2*1-2,7H,3-6H2;2*2H,1H3;/q2*-1;;;. The molecule has 2 N–H and O–H groups in total. The van der Waals surface area contributed by atoms with Crippen LogP contribution in [-0.2, 0) is 20.1 Å². The molecule has 2 nitrogen and oxygen atoms in total. The molecule has 0 spiro atoms. The van der Waals surface area contributed by atoms with Gasteiger partial charge in [-0.3, -0.25) is 12.2 Å². The minimum atomic E-state index is 0. The Labute approximate surface area is 144 Å². The van der Waals surface area contributed by atoms with Crippen molar-refractivity contribution in [1.82, 2.24) is 0 Å². The fourth-order valence-corrected chi connectivity index (χ4v) is 1.57. The van der Waals surface area contributed by atoms with Gasteiger partial charge < -0.3 is 22.4 Å². The molecular formula is C18H30IrO2-2. The van der Waals surface area contributed by atoms with Crippen molar-refractivity contribution in [2.24, 2.45) is 0 Å². The zero-order valence-corrected chi connectivity index (χ0v) is 15.7. The first-order valence-electron chi connectivity index (χ1n) is 7.30. The molecule has 0 aromatic heterocycles. The minimum absolute atomic E-state index is 0. The van der Waals surface area contributed by atoms with E-state index in [2.05, 4.69) is 48.6 Å². The van der Waals surface area contributed by atoms with Gasteiger partial charge in [0, 0.05) is 34.3 Å². The summed E-state index contributed by atoms with van der Waals surface area (Å²) in [7, 11) is 2.00. The van der Waals surface area contributed by atoms with Crippen molar-refractivity contribution in [2.75, 3.05) is 14.2 Å². The van der Waals surface area contributed by atoms with Gasteiger partial charge in [-0.15, -0.1) is 0 Å². The third-order valence-electron chi connectivity index (χ3n) is 2.49. The molecular weight excluding hydrogens is 440 g/mol. The molecule has 0 fully saturated rings. The summed E-state index contributed by atoms with van der Waals surface area (Å²) in [5, 5.41) is 14.0. The Kier molecular flexibility index (Phi) is 33.7. The van der Waals surface area contributed by atoms with Crippen LogP contribution in [0.4, 0.5) is 0 Å². The summed E-state index contributed by atoms with van der Waals surface area (Å²) in [5.41, 5.74) is 0. The second-order valence-corrected chi connectivity index (χ2v) is 3.99. The van der Waals surface area contributed by atoms with E-state index in [-0.39, 0.29) is 20.1 Å². The summed E-state index contributed by atoms with van der Waals surface area (Å²) in [5.74, 6) is 0. The van der Waals surface area contributed by atoms with Crippen LogP contribution in [0.2, 0.25) is 0 Å². The van der Waals surface area contributed by atoms with Crippen molar-refractivity contribution in [1.29, 1.82) is 0 Å². The Balaban J connectivity index is -0.000000240. The van der Waals surface area contributed by atoms with Crippen LogP contribution < -0.4 is 0 Å². The van der Waals surface area contributed by atoms with Crippen LogP contribution in [-0.4, -0.2) is 24.4 Å². The van der Waals surface area contributed by atoms with Gasteiger partial charge in [-0.2, -0.15) is 12.8 Å². The molecule has 3 heteroatoms. The Morgan fingerprint density at radius 2 is 0.905 bits per heavy atom. The number of aliphatic hydroxyl groups excluding tert-OH is 2. The molecule has 125 valence electrons. The molecule has 0 aromatic rings. The van der Waals surface area contributed by atoms with Gasteiger partial charge >= 0.3 is 0 Å². The van der Waals surface area contributed by atoms with Crippen LogP contribution in [0.1, 0.15) is 51.4 Å². The van der Waals surface area contributed by atoms with Gasteiger partial charge in [-0.25, -0.2) is 0 Å². The van der Waals surface area contributed by atoms with E-state index in [0.717, 1.165) is 27.1 Å². The average Bonchev–Trinajstić information content (AvgIpc) is 2.42. The Hall–Kier alpha value is -0.471. The van der Waals surface area contributed by atoms with Crippen molar-refractivity contribution in [3.63, 3.8) is 0 Å². The van der Waals surface area contributed by atoms with Gasteiger partial charge in [-0.1, -0.05) is 50.0 Å². The van der Waals surface area contributed by atoms with Gasteiger partial charge in [0.1, 0.15) is 0 Å². The Morgan fingerprint density at radius 3 is 1.29 bits per heavy atom. The van der Waals surface area contributed by atoms with E-state index in [4.69, 9.17) is 10.2 Å². The number of hydrogen-bond donors (Lipinski definition) is 2. The molecule has 2 aliphatic carbocycles. The molecule has 0 aliphatic heterocycles. The molecule has 0 atom stereocenters. The molecule has 0 aromatic carbocycles. The summed E-state index contributed by atoms with van der Waals surface area (Å²) < 4.78 is 0. The van der Waals surface area contributed by atoms with Gasteiger partial charge in [0.25, 0.3) is 0 Å². The zero-order valence-electron chi connectivity index (χ0n) is 13.3. The van der Waals surface area contributed by atoms with Crippen LogP contribution in [0, 0.1) is 12.2 Å². The predicted molar refractivity (Wildman–Crippen MR) is 87.1 cm³/mol. The van der Waals surface area contributed by atoms with Crippen molar-refractivity contribution in [2.45, 2.75) is 51.4 Å². The van der Waals surface area contributed by atoms with Crippen LogP contribution >= 0.6 is 0 Å². The summed E-state index contributed by atoms with van der Waals surface area (Å²) >= 11 is 0. The Bertz CT molecular complexity index is 188.